The van der Waals surface area contributed by atoms with Crippen molar-refractivity contribution < 1.29 is 14.0 Å². The molecule has 0 bridgehead atoms. The molecule has 0 unspecified atom stereocenters. The number of carbonyl (C=O) groups is 2. The van der Waals surface area contributed by atoms with Gasteiger partial charge < -0.3 is 15.1 Å². The van der Waals surface area contributed by atoms with E-state index in [1.165, 1.54) is 18.8 Å². The number of carbonyl (C=O) groups excluding carboxylic acids is 2. The molecule has 0 spiro atoms. The summed E-state index contributed by atoms with van der Waals surface area (Å²) < 4.78 is 5.28. The molecule has 1 aromatic carbocycles. The third kappa shape index (κ3) is 4.99. The van der Waals surface area contributed by atoms with E-state index in [4.69, 9.17) is 16.0 Å². The first-order valence-corrected chi connectivity index (χ1v) is 9.12. The van der Waals surface area contributed by atoms with Crippen LogP contribution in [0.1, 0.15) is 48.2 Å². The van der Waals surface area contributed by atoms with Crippen LogP contribution in [0.15, 0.2) is 52.8 Å². The van der Waals surface area contributed by atoms with Crippen LogP contribution in [0.3, 0.4) is 0 Å². The van der Waals surface area contributed by atoms with Crippen LogP contribution in [-0.4, -0.2) is 17.9 Å². The summed E-state index contributed by atoms with van der Waals surface area (Å²) >= 11 is 5.86. The monoisotopic (exact) mass is 372 g/mol. The third-order valence-electron chi connectivity index (χ3n) is 4.37. The van der Waals surface area contributed by atoms with Crippen molar-refractivity contribution in [3.8, 4) is 0 Å². The minimum absolute atomic E-state index is 0.142. The summed E-state index contributed by atoms with van der Waals surface area (Å²) in [4.78, 5) is 25.2. The highest BCUT2D eigenvalue weighted by Crippen LogP contribution is 2.18. The Kier molecular flexibility index (Phi) is 6.12. The number of rotatable bonds is 5. The van der Waals surface area contributed by atoms with E-state index in [1.807, 2.05) is 0 Å². The lowest BCUT2D eigenvalue weighted by Crippen LogP contribution is -2.41. The number of nitrogens with one attached hydrogen (secondary N) is 2. The largest absolute Gasteiger partial charge is 0.465 e. The van der Waals surface area contributed by atoms with Crippen molar-refractivity contribution in [1.29, 1.82) is 0 Å². The molecule has 2 amide bonds. The highest BCUT2D eigenvalue weighted by Gasteiger charge is 2.20. The van der Waals surface area contributed by atoms with Gasteiger partial charge in [0.25, 0.3) is 11.8 Å². The molecule has 0 radical (unpaired) electrons. The molecule has 2 aromatic rings. The number of amides is 2. The van der Waals surface area contributed by atoms with Crippen LogP contribution in [-0.2, 0) is 4.79 Å². The van der Waals surface area contributed by atoms with Gasteiger partial charge in [0.1, 0.15) is 11.5 Å². The first kappa shape index (κ1) is 18.3. The van der Waals surface area contributed by atoms with E-state index in [9.17, 15) is 9.59 Å². The number of benzene rings is 1. The molecule has 2 N–H and O–H groups in total. The maximum Gasteiger partial charge on any atom is 0.268 e. The van der Waals surface area contributed by atoms with Crippen LogP contribution < -0.4 is 10.6 Å². The molecule has 5 nitrogen and oxygen atoms in total. The third-order valence-corrected chi connectivity index (χ3v) is 4.62. The van der Waals surface area contributed by atoms with E-state index >= 15 is 0 Å². The molecule has 0 aliphatic heterocycles. The lowest BCUT2D eigenvalue weighted by molar-refractivity contribution is -0.118. The smallest absolute Gasteiger partial charge is 0.268 e. The van der Waals surface area contributed by atoms with Crippen molar-refractivity contribution in [2.45, 2.75) is 38.1 Å². The van der Waals surface area contributed by atoms with Gasteiger partial charge in [0.2, 0.25) is 0 Å². The zero-order valence-electron chi connectivity index (χ0n) is 14.3. The van der Waals surface area contributed by atoms with Gasteiger partial charge in [-0.25, -0.2) is 0 Å². The van der Waals surface area contributed by atoms with Crippen LogP contribution in [0.2, 0.25) is 5.02 Å². The molecule has 1 fully saturated rings. The average molecular weight is 373 g/mol. The number of hydrogen-bond acceptors (Lipinski definition) is 3. The van der Waals surface area contributed by atoms with Gasteiger partial charge in [-0.3, -0.25) is 9.59 Å². The SMILES string of the molecule is O=C(NC1CCCCC1)/C(=C/c1ccco1)NC(=O)c1ccc(Cl)cc1. The van der Waals surface area contributed by atoms with Gasteiger partial charge in [-0.15, -0.1) is 0 Å². The molecule has 3 rings (SSSR count). The minimum atomic E-state index is -0.377. The van der Waals surface area contributed by atoms with Gasteiger partial charge in [-0.05, 0) is 49.2 Å². The number of hydrogen-bond donors (Lipinski definition) is 2. The summed E-state index contributed by atoms with van der Waals surface area (Å²) in [7, 11) is 0. The van der Waals surface area contributed by atoms with Gasteiger partial charge in [-0.2, -0.15) is 0 Å². The van der Waals surface area contributed by atoms with Crippen molar-refractivity contribution in [3.63, 3.8) is 0 Å². The first-order valence-electron chi connectivity index (χ1n) is 8.75. The fraction of sp³-hybridized carbons (Fsp3) is 0.300. The van der Waals surface area contributed by atoms with E-state index in [-0.39, 0.29) is 23.6 Å². The molecule has 1 aromatic heterocycles. The van der Waals surface area contributed by atoms with Crippen LogP contribution in [0.4, 0.5) is 0 Å². The Morgan fingerprint density at radius 2 is 1.81 bits per heavy atom. The van der Waals surface area contributed by atoms with Crippen LogP contribution in [0.25, 0.3) is 6.08 Å². The second kappa shape index (κ2) is 8.72. The summed E-state index contributed by atoms with van der Waals surface area (Å²) in [5.41, 5.74) is 0.579. The van der Waals surface area contributed by atoms with Crippen molar-refractivity contribution in [2.24, 2.45) is 0 Å². The molecule has 136 valence electrons. The standard InChI is InChI=1S/C20H21ClN2O3/c21-15-10-8-14(9-11-15)19(24)23-18(13-17-7-4-12-26-17)20(25)22-16-5-2-1-3-6-16/h4,7-13,16H,1-3,5-6H2,(H,22,25)(H,23,24)/b18-13-. The summed E-state index contributed by atoms with van der Waals surface area (Å²) in [6.07, 6.45) is 8.40. The predicted octanol–water partition coefficient (Wildman–Crippen LogP) is 4.15. The van der Waals surface area contributed by atoms with Crippen molar-refractivity contribution >= 4 is 29.5 Å². The predicted molar refractivity (Wildman–Crippen MR) is 101 cm³/mol. The van der Waals surface area contributed by atoms with Crippen molar-refractivity contribution in [1.82, 2.24) is 10.6 Å². The first-order chi connectivity index (χ1) is 12.6. The van der Waals surface area contributed by atoms with Gasteiger partial charge in [0.15, 0.2) is 0 Å². The molecule has 1 heterocycles. The molecule has 6 heteroatoms. The van der Waals surface area contributed by atoms with E-state index in [0.29, 0.717) is 16.3 Å². The summed E-state index contributed by atoms with van der Waals surface area (Å²) in [6.45, 7) is 0. The van der Waals surface area contributed by atoms with E-state index in [0.717, 1.165) is 25.7 Å². The fourth-order valence-corrected chi connectivity index (χ4v) is 3.11. The highest BCUT2D eigenvalue weighted by molar-refractivity contribution is 6.30. The quantitative estimate of drug-likeness (QED) is 0.774. The van der Waals surface area contributed by atoms with Gasteiger partial charge in [0.05, 0.1) is 6.26 Å². The zero-order valence-corrected chi connectivity index (χ0v) is 15.1. The summed E-state index contributed by atoms with van der Waals surface area (Å²) in [6, 6.07) is 10.1. The van der Waals surface area contributed by atoms with Crippen molar-refractivity contribution in [3.05, 3.63) is 64.7 Å². The van der Waals surface area contributed by atoms with Gasteiger partial charge >= 0.3 is 0 Å². The summed E-state index contributed by atoms with van der Waals surface area (Å²) in [5.74, 6) is -0.191. The Bertz CT molecular complexity index is 776. The Labute approximate surface area is 157 Å². The van der Waals surface area contributed by atoms with E-state index in [1.54, 1.807) is 36.4 Å². The molecule has 0 saturated heterocycles. The second-order valence-corrected chi connectivity index (χ2v) is 6.78. The Balaban J connectivity index is 1.75. The fourth-order valence-electron chi connectivity index (χ4n) is 2.98. The number of halogens is 1. The zero-order chi connectivity index (χ0) is 18.4. The van der Waals surface area contributed by atoms with Gasteiger partial charge in [-0.1, -0.05) is 30.9 Å². The Hall–Kier alpha value is -2.53. The second-order valence-electron chi connectivity index (χ2n) is 6.34. The lowest BCUT2D eigenvalue weighted by atomic mass is 9.95. The molecule has 26 heavy (non-hydrogen) atoms. The molecule has 1 saturated carbocycles. The number of furan rings is 1. The van der Waals surface area contributed by atoms with Crippen molar-refractivity contribution in [2.75, 3.05) is 0 Å². The molecular weight excluding hydrogens is 352 g/mol. The average Bonchev–Trinajstić information content (AvgIpc) is 3.15. The van der Waals surface area contributed by atoms with E-state index in [2.05, 4.69) is 10.6 Å². The molecule has 1 aliphatic carbocycles. The van der Waals surface area contributed by atoms with Crippen LogP contribution in [0, 0.1) is 0 Å². The maximum absolute atomic E-state index is 12.7. The minimum Gasteiger partial charge on any atom is -0.465 e. The molecule has 1 aliphatic rings. The van der Waals surface area contributed by atoms with Gasteiger partial charge in [0, 0.05) is 22.7 Å². The molecule has 0 atom stereocenters. The van der Waals surface area contributed by atoms with Crippen LogP contribution >= 0.6 is 11.6 Å². The normalized spacial score (nSPS) is 15.5. The van der Waals surface area contributed by atoms with E-state index < -0.39 is 0 Å². The Morgan fingerprint density at radius 3 is 2.46 bits per heavy atom. The van der Waals surface area contributed by atoms with Crippen LogP contribution in [0.5, 0.6) is 0 Å². The molecular formula is C20H21ClN2O3. The highest BCUT2D eigenvalue weighted by atomic mass is 35.5. The topological polar surface area (TPSA) is 71.3 Å². The summed E-state index contributed by atoms with van der Waals surface area (Å²) in [5, 5.41) is 6.24. The Morgan fingerprint density at radius 1 is 1.08 bits per heavy atom. The maximum atomic E-state index is 12.7. The lowest BCUT2D eigenvalue weighted by Gasteiger charge is -2.23.